The van der Waals surface area contributed by atoms with Gasteiger partial charge in [-0.25, -0.2) is 26.3 Å². The lowest BCUT2D eigenvalue weighted by Crippen LogP contribution is -2.24. The molecule has 2 rings (SSSR count). The predicted octanol–water partition coefficient (Wildman–Crippen LogP) is 0.505. The number of aromatic nitrogens is 1. The molecule has 148 valence electrons. The highest BCUT2D eigenvalue weighted by Crippen LogP contribution is 2.22. The van der Waals surface area contributed by atoms with Crippen LogP contribution in [0.3, 0.4) is 0 Å². The van der Waals surface area contributed by atoms with E-state index in [4.69, 9.17) is 0 Å². The Hall–Kier alpha value is -2.21. The van der Waals surface area contributed by atoms with Crippen LogP contribution in [0.1, 0.15) is 12.5 Å². The summed E-state index contributed by atoms with van der Waals surface area (Å²) in [4.78, 5) is 11.5. The zero-order chi connectivity index (χ0) is 20.2. The molecule has 0 radical (unpaired) electrons. The molecule has 2 aromatic rings. The number of rotatable bonds is 8. The molecule has 0 spiro atoms. The first-order valence-electron chi connectivity index (χ1n) is 8.09. The van der Waals surface area contributed by atoms with Gasteiger partial charge in [0.2, 0.25) is 26.0 Å². The third kappa shape index (κ3) is 4.75. The molecule has 1 heterocycles. The summed E-state index contributed by atoms with van der Waals surface area (Å²) in [5.41, 5.74) is 1.61. The van der Waals surface area contributed by atoms with E-state index in [-0.39, 0.29) is 6.54 Å². The monoisotopic (exact) mass is 414 g/mol. The van der Waals surface area contributed by atoms with Crippen molar-refractivity contribution >= 4 is 31.6 Å². The largest absolute Gasteiger partial charge is 0.342 e. The Morgan fingerprint density at radius 3 is 1.96 bits per heavy atom. The molecule has 0 aliphatic rings. The summed E-state index contributed by atoms with van der Waals surface area (Å²) >= 11 is 0. The third-order valence-corrected chi connectivity index (χ3v) is 6.94. The van der Waals surface area contributed by atoms with Gasteiger partial charge in [0, 0.05) is 18.1 Å². The molecular formula is C16H22N4O5S2. The highest BCUT2D eigenvalue weighted by Gasteiger charge is 2.27. The fourth-order valence-corrected chi connectivity index (χ4v) is 4.77. The van der Waals surface area contributed by atoms with E-state index in [1.165, 1.54) is 18.7 Å². The van der Waals surface area contributed by atoms with Crippen molar-refractivity contribution in [3.05, 3.63) is 42.2 Å². The van der Waals surface area contributed by atoms with Gasteiger partial charge in [-0.15, -0.1) is 0 Å². The van der Waals surface area contributed by atoms with E-state index in [9.17, 15) is 21.6 Å². The zero-order valence-corrected chi connectivity index (χ0v) is 16.8. The van der Waals surface area contributed by atoms with Crippen molar-refractivity contribution in [2.24, 2.45) is 0 Å². The molecular weight excluding hydrogens is 392 g/mol. The van der Waals surface area contributed by atoms with Crippen LogP contribution in [0.25, 0.3) is 0 Å². The van der Waals surface area contributed by atoms with Crippen molar-refractivity contribution in [3.8, 4) is 0 Å². The van der Waals surface area contributed by atoms with Crippen molar-refractivity contribution in [3.63, 3.8) is 0 Å². The zero-order valence-electron chi connectivity index (χ0n) is 15.2. The summed E-state index contributed by atoms with van der Waals surface area (Å²) in [5.74, 6) is -0.410. The van der Waals surface area contributed by atoms with E-state index in [1.54, 1.807) is 12.1 Å². The minimum Gasteiger partial charge on any atom is -0.342 e. The van der Waals surface area contributed by atoms with Crippen LogP contribution in [0.4, 0.5) is 5.69 Å². The smallest absolute Gasteiger partial charge is 0.244 e. The summed E-state index contributed by atoms with van der Waals surface area (Å²) in [5, 5.41) is 2.75. The second-order valence-electron chi connectivity index (χ2n) is 5.63. The van der Waals surface area contributed by atoms with Gasteiger partial charge in [-0.05, 0) is 32.1 Å². The fraction of sp³-hybridized carbons (Fsp3) is 0.312. The minimum absolute atomic E-state index is 0.247. The number of nitrogens with zero attached hydrogens (tertiary/aromatic N) is 1. The van der Waals surface area contributed by atoms with Gasteiger partial charge in [-0.1, -0.05) is 25.1 Å². The lowest BCUT2D eigenvalue weighted by molar-refractivity contribution is -0.116. The second-order valence-corrected chi connectivity index (χ2v) is 9.34. The summed E-state index contributed by atoms with van der Waals surface area (Å²) in [6.45, 7) is 1.71. The molecule has 1 aromatic heterocycles. The number of amides is 1. The Labute approximate surface area is 158 Å². The van der Waals surface area contributed by atoms with Crippen molar-refractivity contribution in [2.45, 2.75) is 29.7 Å². The van der Waals surface area contributed by atoms with Gasteiger partial charge in [0.15, 0.2) is 0 Å². The van der Waals surface area contributed by atoms with Crippen LogP contribution in [-0.2, 0) is 37.8 Å². The Morgan fingerprint density at radius 1 is 0.963 bits per heavy atom. The normalized spacial score (nSPS) is 12.1. The van der Waals surface area contributed by atoms with Crippen LogP contribution < -0.4 is 14.8 Å². The lowest BCUT2D eigenvalue weighted by atomic mass is 10.1. The SMILES string of the molecule is CCc1ccccc1NC(=O)Cn1cc(S(=O)(=O)NC)c(S(=O)(=O)NC)c1. The first-order chi connectivity index (χ1) is 12.6. The van der Waals surface area contributed by atoms with Gasteiger partial charge in [-0.2, -0.15) is 0 Å². The van der Waals surface area contributed by atoms with E-state index in [1.807, 2.05) is 19.1 Å². The van der Waals surface area contributed by atoms with E-state index in [0.29, 0.717) is 5.69 Å². The molecule has 0 aliphatic heterocycles. The molecule has 0 saturated carbocycles. The minimum atomic E-state index is -4.03. The molecule has 9 nitrogen and oxygen atoms in total. The standard InChI is InChI=1S/C16H22N4O5S2/c1-4-12-7-5-6-8-13(12)19-16(21)11-20-9-14(26(22,23)17-2)15(10-20)27(24,25)18-3/h5-10,17-18H,4,11H2,1-3H3,(H,19,21). The molecule has 3 N–H and O–H groups in total. The van der Waals surface area contributed by atoms with Crippen LogP contribution in [-0.4, -0.2) is 41.4 Å². The summed E-state index contributed by atoms with van der Waals surface area (Å²) in [6, 6.07) is 7.31. The molecule has 11 heteroatoms. The number of nitrogens with one attached hydrogen (secondary N) is 3. The van der Waals surface area contributed by atoms with Crippen LogP contribution in [0.2, 0.25) is 0 Å². The number of para-hydroxylation sites is 1. The number of hydrogen-bond donors (Lipinski definition) is 3. The summed E-state index contributed by atoms with van der Waals surface area (Å²) in [6.07, 6.45) is 2.96. The lowest BCUT2D eigenvalue weighted by Gasteiger charge is -2.10. The van der Waals surface area contributed by atoms with Gasteiger partial charge in [-0.3, -0.25) is 4.79 Å². The van der Waals surface area contributed by atoms with Crippen LogP contribution in [0, 0.1) is 0 Å². The quantitative estimate of drug-likeness (QED) is 0.580. The van der Waals surface area contributed by atoms with E-state index >= 15 is 0 Å². The van der Waals surface area contributed by atoms with E-state index < -0.39 is 35.7 Å². The highest BCUT2D eigenvalue weighted by atomic mass is 32.2. The van der Waals surface area contributed by atoms with Gasteiger partial charge in [0.05, 0.1) is 0 Å². The number of anilines is 1. The summed E-state index contributed by atoms with van der Waals surface area (Å²) in [7, 11) is -5.70. The van der Waals surface area contributed by atoms with Crippen LogP contribution in [0.5, 0.6) is 0 Å². The van der Waals surface area contributed by atoms with E-state index in [2.05, 4.69) is 14.8 Å². The molecule has 0 unspecified atom stereocenters. The molecule has 1 amide bonds. The van der Waals surface area contributed by atoms with Crippen LogP contribution in [0.15, 0.2) is 46.5 Å². The molecule has 0 fully saturated rings. The Bertz CT molecular complexity index is 991. The molecule has 0 atom stereocenters. The number of carbonyl (C=O) groups excluding carboxylic acids is 1. The van der Waals surface area contributed by atoms with Crippen molar-refractivity contribution in [1.82, 2.24) is 14.0 Å². The number of aryl methyl sites for hydroxylation is 1. The second kappa shape index (κ2) is 8.21. The molecule has 27 heavy (non-hydrogen) atoms. The Kier molecular flexibility index (Phi) is 6.42. The number of sulfonamides is 2. The number of benzene rings is 1. The van der Waals surface area contributed by atoms with Crippen molar-refractivity contribution < 1.29 is 21.6 Å². The number of carbonyl (C=O) groups is 1. The van der Waals surface area contributed by atoms with Gasteiger partial charge >= 0.3 is 0 Å². The van der Waals surface area contributed by atoms with Crippen molar-refractivity contribution in [2.75, 3.05) is 19.4 Å². The Morgan fingerprint density at radius 2 is 1.48 bits per heavy atom. The first kappa shape index (κ1) is 21.1. The number of hydrogen-bond acceptors (Lipinski definition) is 5. The molecule has 0 bridgehead atoms. The maximum Gasteiger partial charge on any atom is 0.244 e. The summed E-state index contributed by atoms with van der Waals surface area (Å²) < 4.78 is 53.9. The van der Waals surface area contributed by atoms with Crippen LogP contribution >= 0.6 is 0 Å². The maximum absolute atomic E-state index is 12.3. The predicted molar refractivity (Wildman–Crippen MR) is 101 cm³/mol. The molecule has 1 aromatic carbocycles. The average molecular weight is 415 g/mol. The topological polar surface area (TPSA) is 126 Å². The molecule has 0 saturated heterocycles. The van der Waals surface area contributed by atoms with Gasteiger partial charge in [0.25, 0.3) is 0 Å². The van der Waals surface area contributed by atoms with E-state index in [0.717, 1.165) is 24.4 Å². The fourth-order valence-electron chi connectivity index (χ4n) is 2.49. The van der Waals surface area contributed by atoms with Gasteiger partial charge in [0.1, 0.15) is 16.3 Å². The third-order valence-electron chi connectivity index (χ3n) is 3.92. The van der Waals surface area contributed by atoms with Gasteiger partial charge < -0.3 is 9.88 Å². The first-order valence-corrected chi connectivity index (χ1v) is 11.1. The van der Waals surface area contributed by atoms with Crippen molar-refractivity contribution in [1.29, 1.82) is 0 Å². The maximum atomic E-state index is 12.3. The Balaban J connectivity index is 2.34. The molecule has 0 aliphatic carbocycles. The average Bonchev–Trinajstić information content (AvgIpc) is 3.07. The highest BCUT2D eigenvalue weighted by molar-refractivity contribution is 7.92.